The van der Waals surface area contributed by atoms with Gasteiger partial charge in [0, 0.05) is 29.4 Å². The second-order valence-corrected chi connectivity index (χ2v) is 7.63. The largest absolute Gasteiger partial charge is 0.508 e. The standard InChI is InChI=1S/C24H24N2O7/c1-5-33-24(28)22-21(17-11-15(27)6-7-18(17)26(29)30)13(2)25-9-8-14-10-19(31-3)20(32-4)12-16(14)23(22)25/h6-7,10-12,27H,5,8-9H2,1-4H3. The number of hydrogen-bond donors (Lipinski definition) is 1. The van der Waals surface area contributed by atoms with Crippen LogP contribution < -0.4 is 9.47 Å². The van der Waals surface area contributed by atoms with E-state index in [0.29, 0.717) is 41.4 Å². The summed E-state index contributed by atoms with van der Waals surface area (Å²) >= 11 is 0. The third-order valence-electron chi connectivity index (χ3n) is 5.92. The predicted molar refractivity (Wildman–Crippen MR) is 121 cm³/mol. The Morgan fingerprint density at radius 3 is 2.48 bits per heavy atom. The van der Waals surface area contributed by atoms with Crippen LogP contribution in [0.25, 0.3) is 22.4 Å². The topological polar surface area (TPSA) is 113 Å². The van der Waals surface area contributed by atoms with Gasteiger partial charge in [0.25, 0.3) is 5.69 Å². The van der Waals surface area contributed by atoms with Gasteiger partial charge in [-0.1, -0.05) is 0 Å². The number of nitrogens with zero attached hydrogens (tertiary/aromatic N) is 2. The van der Waals surface area contributed by atoms with Gasteiger partial charge in [0.2, 0.25) is 0 Å². The minimum atomic E-state index is -0.593. The zero-order chi connectivity index (χ0) is 23.9. The van der Waals surface area contributed by atoms with E-state index >= 15 is 0 Å². The molecule has 0 radical (unpaired) electrons. The van der Waals surface area contributed by atoms with Crippen molar-refractivity contribution >= 4 is 11.7 Å². The highest BCUT2D eigenvalue weighted by molar-refractivity contribution is 6.06. The molecule has 0 amide bonds. The monoisotopic (exact) mass is 452 g/mol. The molecule has 9 nitrogen and oxygen atoms in total. The van der Waals surface area contributed by atoms with Gasteiger partial charge in [-0.15, -0.1) is 0 Å². The van der Waals surface area contributed by atoms with Gasteiger partial charge in [-0.3, -0.25) is 10.1 Å². The molecule has 0 spiro atoms. The highest BCUT2D eigenvalue weighted by Crippen LogP contribution is 2.47. The molecule has 1 aromatic heterocycles. The summed E-state index contributed by atoms with van der Waals surface area (Å²) in [4.78, 5) is 24.5. The number of esters is 1. The molecule has 172 valence electrons. The van der Waals surface area contributed by atoms with Gasteiger partial charge in [-0.2, -0.15) is 0 Å². The first-order valence-electron chi connectivity index (χ1n) is 10.5. The Balaban J connectivity index is 2.10. The molecular formula is C24H24N2O7. The number of fused-ring (bicyclic) bond motifs is 3. The lowest BCUT2D eigenvalue weighted by Gasteiger charge is -2.23. The van der Waals surface area contributed by atoms with Gasteiger partial charge in [-0.25, -0.2) is 4.79 Å². The van der Waals surface area contributed by atoms with Crippen LogP contribution >= 0.6 is 0 Å². The van der Waals surface area contributed by atoms with Gasteiger partial charge < -0.3 is 23.9 Å². The number of rotatable bonds is 6. The number of carbonyl (C=O) groups is 1. The molecule has 1 aliphatic rings. The Morgan fingerprint density at radius 2 is 1.85 bits per heavy atom. The first-order valence-corrected chi connectivity index (χ1v) is 10.5. The summed E-state index contributed by atoms with van der Waals surface area (Å²) < 4.78 is 18.3. The van der Waals surface area contributed by atoms with Crippen molar-refractivity contribution in [2.45, 2.75) is 26.8 Å². The average molecular weight is 452 g/mol. The maximum Gasteiger partial charge on any atom is 0.340 e. The zero-order valence-electron chi connectivity index (χ0n) is 18.8. The van der Waals surface area contributed by atoms with Crippen LogP contribution in [-0.2, 0) is 17.7 Å². The molecule has 0 aliphatic carbocycles. The molecule has 33 heavy (non-hydrogen) atoms. The molecule has 0 bridgehead atoms. The fourth-order valence-corrected chi connectivity index (χ4v) is 4.49. The number of nitro groups is 1. The number of ether oxygens (including phenoxy) is 3. The van der Waals surface area contributed by atoms with Gasteiger partial charge in [0.1, 0.15) is 5.75 Å². The van der Waals surface area contributed by atoms with E-state index < -0.39 is 10.9 Å². The van der Waals surface area contributed by atoms with E-state index in [1.165, 1.54) is 25.3 Å². The van der Waals surface area contributed by atoms with Gasteiger partial charge in [0.15, 0.2) is 11.5 Å². The summed E-state index contributed by atoms with van der Waals surface area (Å²) in [6.45, 7) is 4.21. The van der Waals surface area contributed by atoms with E-state index in [4.69, 9.17) is 14.2 Å². The number of methoxy groups -OCH3 is 2. The lowest BCUT2D eigenvalue weighted by molar-refractivity contribution is -0.384. The minimum absolute atomic E-state index is 0.138. The van der Waals surface area contributed by atoms with E-state index in [2.05, 4.69) is 0 Å². The number of phenols is 1. The Bertz CT molecular complexity index is 1280. The third kappa shape index (κ3) is 3.55. The van der Waals surface area contributed by atoms with Crippen molar-refractivity contribution in [3.63, 3.8) is 0 Å². The Kier molecular flexibility index (Phi) is 5.71. The highest BCUT2D eigenvalue weighted by atomic mass is 16.6. The smallest absolute Gasteiger partial charge is 0.340 e. The number of nitro benzene ring substituents is 1. The Labute approximate surface area is 190 Å². The predicted octanol–water partition coefficient (Wildman–Crippen LogP) is 4.49. The summed E-state index contributed by atoms with van der Waals surface area (Å²) in [6, 6.07) is 7.49. The molecule has 9 heteroatoms. The first-order chi connectivity index (χ1) is 15.8. The Morgan fingerprint density at radius 1 is 1.15 bits per heavy atom. The van der Waals surface area contributed by atoms with Crippen LogP contribution in [-0.4, -0.2) is 41.4 Å². The Hall–Kier alpha value is -4.01. The maximum atomic E-state index is 13.3. The number of benzene rings is 2. The van der Waals surface area contributed by atoms with E-state index in [9.17, 15) is 20.0 Å². The second-order valence-electron chi connectivity index (χ2n) is 7.63. The lowest BCUT2D eigenvalue weighted by atomic mass is 9.93. The second kappa shape index (κ2) is 8.50. The number of hydrogen-bond acceptors (Lipinski definition) is 7. The summed E-state index contributed by atoms with van der Waals surface area (Å²) in [5.74, 6) is 0.350. The van der Waals surface area contributed by atoms with Crippen LogP contribution in [0.15, 0.2) is 30.3 Å². The van der Waals surface area contributed by atoms with Crippen molar-refractivity contribution < 1.29 is 29.0 Å². The van der Waals surface area contributed by atoms with Crippen LogP contribution in [0.4, 0.5) is 5.69 Å². The molecule has 1 aliphatic heterocycles. The van der Waals surface area contributed by atoms with Crippen molar-refractivity contribution in [2.24, 2.45) is 0 Å². The summed E-state index contributed by atoms with van der Waals surface area (Å²) in [7, 11) is 3.09. The van der Waals surface area contributed by atoms with Crippen molar-refractivity contribution in [1.29, 1.82) is 0 Å². The van der Waals surface area contributed by atoms with Gasteiger partial charge in [-0.05, 0) is 50.1 Å². The van der Waals surface area contributed by atoms with Crippen LogP contribution in [0.2, 0.25) is 0 Å². The summed E-state index contributed by atoms with van der Waals surface area (Å²) in [5.41, 5.74) is 3.52. The van der Waals surface area contributed by atoms with Crippen molar-refractivity contribution in [1.82, 2.24) is 4.57 Å². The summed E-state index contributed by atoms with van der Waals surface area (Å²) in [6.07, 6.45) is 0.669. The highest BCUT2D eigenvalue weighted by Gasteiger charge is 2.34. The molecule has 2 aromatic carbocycles. The molecule has 3 aromatic rings. The molecule has 4 rings (SSSR count). The quantitative estimate of drug-likeness (QED) is 0.333. The normalized spacial score (nSPS) is 12.0. The van der Waals surface area contributed by atoms with E-state index in [1.54, 1.807) is 21.0 Å². The number of phenolic OH excluding ortho intramolecular Hbond substituents is 1. The SMILES string of the molecule is CCOC(=O)c1c(-c2cc(O)ccc2[N+](=O)[O-])c(C)n2c1-c1cc(OC)c(OC)cc1CC2. The molecule has 1 N–H and O–H groups in total. The molecule has 0 saturated heterocycles. The number of aromatic hydroxyl groups is 1. The van der Waals surface area contributed by atoms with Crippen molar-refractivity contribution in [3.8, 4) is 39.6 Å². The van der Waals surface area contributed by atoms with Gasteiger partial charge >= 0.3 is 5.97 Å². The summed E-state index contributed by atoms with van der Waals surface area (Å²) in [5, 5.41) is 21.9. The van der Waals surface area contributed by atoms with Crippen molar-refractivity contribution in [3.05, 3.63) is 57.3 Å². The maximum absolute atomic E-state index is 13.3. The van der Waals surface area contributed by atoms with E-state index in [1.807, 2.05) is 16.7 Å². The van der Waals surface area contributed by atoms with Gasteiger partial charge in [0.05, 0.1) is 42.6 Å². The number of aromatic nitrogens is 1. The zero-order valence-corrected chi connectivity index (χ0v) is 18.8. The van der Waals surface area contributed by atoms with Crippen LogP contribution in [0.1, 0.15) is 28.5 Å². The minimum Gasteiger partial charge on any atom is -0.508 e. The number of aryl methyl sites for hydroxylation is 1. The average Bonchev–Trinajstić information content (AvgIpc) is 3.10. The molecule has 0 fully saturated rings. The molecule has 0 saturated carbocycles. The fraction of sp³-hybridized carbons (Fsp3) is 0.292. The molecule has 2 heterocycles. The van der Waals surface area contributed by atoms with Crippen molar-refractivity contribution in [2.75, 3.05) is 20.8 Å². The van der Waals surface area contributed by atoms with E-state index in [0.717, 1.165) is 11.1 Å². The van der Waals surface area contributed by atoms with Crippen LogP contribution in [0.5, 0.6) is 17.2 Å². The van der Waals surface area contributed by atoms with Crippen LogP contribution in [0.3, 0.4) is 0 Å². The van der Waals surface area contributed by atoms with E-state index in [-0.39, 0.29) is 29.2 Å². The number of carbonyl (C=O) groups excluding carboxylic acids is 1. The third-order valence-corrected chi connectivity index (χ3v) is 5.92. The molecule has 0 atom stereocenters. The molecule has 0 unspecified atom stereocenters. The van der Waals surface area contributed by atoms with Crippen LogP contribution in [0, 0.1) is 17.0 Å². The molecular weight excluding hydrogens is 428 g/mol. The fourth-order valence-electron chi connectivity index (χ4n) is 4.49. The lowest BCUT2D eigenvalue weighted by Crippen LogP contribution is -2.15. The first kappa shape index (κ1) is 22.2.